The maximum absolute atomic E-state index is 12.0. The Hall–Kier alpha value is 1.36. The van der Waals surface area contributed by atoms with Gasteiger partial charge < -0.3 is 43.2 Å². The molecule has 0 spiro atoms. The standard InChI is InChI=1S/C11H19N2O15P3.4Li/c1-5-3-13(11(16)12-9(5)15)10-8(24-2)7(14)6(26-10)4-25-30(20,21)28-31(22,23)27-29(17,18)19;;;;/h3,6-8,10,14H,4H2,1-2H3,(H,20,21)(H,22,23)(H,12,15,16)(H2,17,18,19);;;;/q;4*+1/p-4. The van der Waals surface area contributed by atoms with E-state index in [9.17, 15) is 48.0 Å². The Morgan fingerprint density at radius 1 is 1.06 bits per heavy atom. The number of aliphatic hydroxyl groups is 1. The SMILES string of the molecule is COC1C(O)C(COP(=O)([O-])OP(=O)([O-])OP(=O)([O-])[O-])OC1n1cc(C)c(=O)[nH]c1=O.[Li+].[Li+].[Li+].[Li+]. The molecule has 1 aliphatic heterocycles. The number of aromatic nitrogens is 2. The Kier molecular flexibility index (Phi) is 18.5. The van der Waals surface area contributed by atoms with Gasteiger partial charge >= 0.3 is 81.1 Å². The minimum atomic E-state index is -6.15. The zero-order valence-electron chi connectivity index (χ0n) is 19.5. The Labute approximate surface area is 245 Å². The van der Waals surface area contributed by atoms with Gasteiger partial charge in [-0.3, -0.25) is 27.8 Å². The second-order valence-corrected chi connectivity index (χ2v) is 10.3. The monoisotopic (exact) mass is 536 g/mol. The fraction of sp³-hybridized carbons (Fsp3) is 0.636. The Balaban J connectivity index is -0.00000256. The molecule has 1 saturated heterocycles. The van der Waals surface area contributed by atoms with Crippen LogP contribution in [0.15, 0.2) is 15.8 Å². The second-order valence-electron chi connectivity index (χ2n) is 6.04. The van der Waals surface area contributed by atoms with E-state index in [1.165, 1.54) is 6.92 Å². The van der Waals surface area contributed by atoms with Crippen molar-refractivity contribution in [3.63, 3.8) is 0 Å². The van der Waals surface area contributed by atoms with Crippen LogP contribution >= 0.6 is 23.5 Å². The van der Waals surface area contributed by atoms with Crippen LogP contribution in [0, 0.1) is 6.92 Å². The fourth-order valence-corrected chi connectivity index (χ4v) is 5.42. The van der Waals surface area contributed by atoms with Gasteiger partial charge in [-0.25, -0.2) is 9.11 Å². The van der Waals surface area contributed by atoms with Gasteiger partial charge in [-0.05, 0) is 6.92 Å². The molecule has 2 N–H and O–H groups in total. The quantitative estimate of drug-likeness (QED) is 0.219. The summed E-state index contributed by atoms with van der Waals surface area (Å²) in [5, 5.41) is 10.3. The van der Waals surface area contributed by atoms with E-state index in [0.717, 1.165) is 17.9 Å². The van der Waals surface area contributed by atoms with Crippen molar-refractivity contribution in [3.8, 4) is 0 Å². The number of aromatic amines is 1. The maximum atomic E-state index is 12.0. The van der Waals surface area contributed by atoms with Crippen LogP contribution in [0.3, 0.4) is 0 Å². The van der Waals surface area contributed by atoms with Crippen molar-refractivity contribution >= 4 is 23.5 Å². The van der Waals surface area contributed by atoms with Gasteiger partial charge in [0.15, 0.2) is 6.23 Å². The van der Waals surface area contributed by atoms with Crippen molar-refractivity contribution in [2.45, 2.75) is 31.5 Å². The topological polar surface area (TPSA) is 265 Å². The van der Waals surface area contributed by atoms with Crippen molar-refractivity contribution < 1.29 is 136 Å². The van der Waals surface area contributed by atoms with Gasteiger partial charge in [0.05, 0.1) is 14.4 Å². The Morgan fingerprint density at radius 3 is 2.09 bits per heavy atom. The van der Waals surface area contributed by atoms with Crippen LogP contribution in [0.4, 0.5) is 0 Å². The van der Waals surface area contributed by atoms with Crippen LogP contribution in [-0.4, -0.2) is 46.7 Å². The molecule has 1 aliphatic rings. The van der Waals surface area contributed by atoms with E-state index < -0.39 is 65.9 Å². The number of hydrogen-bond donors (Lipinski definition) is 2. The third-order valence-corrected chi connectivity index (χ3v) is 7.47. The van der Waals surface area contributed by atoms with Crippen LogP contribution in [-0.2, 0) is 36.3 Å². The van der Waals surface area contributed by atoms with Crippen LogP contribution < -0.4 is 106 Å². The van der Waals surface area contributed by atoms with Gasteiger partial charge in [-0.1, -0.05) is 0 Å². The van der Waals surface area contributed by atoms with E-state index in [0.29, 0.717) is 0 Å². The third-order valence-electron chi connectivity index (χ3n) is 3.80. The Morgan fingerprint density at radius 2 is 1.60 bits per heavy atom. The number of hydrogen-bond acceptors (Lipinski definition) is 15. The molecule has 2 rings (SSSR count). The van der Waals surface area contributed by atoms with Gasteiger partial charge in [-0.2, -0.15) is 0 Å². The fourth-order valence-electron chi connectivity index (χ4n) is 2.56. The summed E-state index contributed by atoms with van der Waals surface area (Å²) in [6.45, 7) is 0.293. The minimum absolute atomic E-state index is 0. The van der Waals surface area contributed by atoms with Crippen molar-refractivity contribution in [1.29, 1.82) is 0 Å². The predicted molar refractivity (Wildman–Crippen MR) is 87.7 cm³/mol. The first-order chi connectivity index (χ1) is 14.1. The molecular formula is C11H15Li4N2O15P3. The van der Waals surface area contributed by atoms with Gasteiger partial charge in [0.25, 0.3) is 21.2 Å². The normalized spacial score (nSPS) is 25.0. The first-order valence-corrected chi connectivity index (χ1v) is 12.3. The summed E-state index contributed by atoms with van der Waals surface area (Å²) in [6, 6.07) is 0. The Bertz CT molecular complexity index is 1080. The summed E-state index contributed by atoms with van der Waals surface area (Å²) in [6.07, 6.45) is -4.66. The van der Waals surface area contributed by atoms with Crippen LogP contribution in [0.1, 0.15) is 11.8 Å². The molecule has 0 bridgehead atoms. The summed E-state index contributed by atoms with van der Waals surface area (Å²) >= 11 is 0. The summed E-state index contributed by atoms with van der Waals surface area (Å²) in [5.41, 5.74) is -1.51. The molecule has 178 valence electrons. The average Bonchev–Trinajstić information content (AvgIpc) is 2.88. The molecule has 0 radical (unpaired) electrons. The number of nitrogens with zero attached hydrogens (tertiary/aromatic N) is 1. The number of aryl methyl sites for hydroxylation is 1. The number of H-pyrrole nitrogens is 1. The van der Waals surface area contributed by atoms with E-state index in [4.69, 9.17) is 9.47 Å². The van der Waals surface area contributed by atoms with Crippen molar-refractivity contribution in [2.24, 2.45) is 0 Å². The first-order valence-electron chi connectivity index (χ1n) is 7.95. The molecular weight excluding hydrogens is 521 g/mol. The molecule has 1 aromatic heterocycles. The number of ether oxygens (including phenoxy) is 2. The van der Waals surface area contributed by atoms with Crippen molar-refractivity contribution in [1.82, 2.24) is 9.55 Å². The molecule has 0 aliphatic carbocycles. The van der Waals surface area contributed by atoms with E-state index in [1.807, 2.05) is 4.98 Å². The summed E-state index contributed by atoms with van der Waals surface area (Å²) in [4.78, 5) is 68.9. The third kappa shape index (κ3) is 12.0. The minimum Gasteiger partial charge on any atom is -0.790 e. The van der Waals surface area contributed by atoms with E-state index >= 15 is 0 Å². The molecule has 1 aromatic rings. The summed E-state index contributed by atoms with van der Waals surface area (Å²) in [5.74, 6) is 0. The molecule has 6 unspecified atom stereocenters. The molecule has 1 fully saturated rings. The molecule has 0 saturated carbocycles. The van der Waals surface area contributed by atoms with Crippen molar-refractivity contribution in [2.75, 3.05) is 13.7 Å². The zero-order chi connectivity index (χ0) is 23.8. The van der Waals surface area contributed by atoms with Crippen LogP contribution in [0.2, 0.25) is 0 Å². The molecule has 2 heterocycles. The van der Waals surface area contributed by atoms with E-state index in [1.54, 1.807) is 0 Å². The number of rotatable bonds is 9. The summed E-state index contributed by atoms with van der Waals surface area (Å²) < 4.78 is 55.0. The van der Waals surface area contributed by atoms with Gasteiger partial charge in [0.1, 0.15) is 18.3 Å². The zero-order valence-corrected chi connectivity index (χ0v) is 22.2. The number of phosphoric ester groups is 1. The summed E-state index contributed by atoms with van der Waals surface area (Å²) in [7, 11) is -17.0. The number of methoxy groups -OCH3 is 1. The van der Waals surface area contributed by atoms with E-state index in [2.05, 4.69) is 13.1 Å². The molecule has 35 heavy (non-hydrogen) atoms. The van der Waals surface area contributed by atoms with Gasteiger partial charge in [0.2, 0.25) is 0 Å². The number of phosphoric acid groups is 3. The molecule has 24 heteroatoms. The predicted octanol–water partition coefficient (Wildman–Crippen LogP) is -16.1. The van der Waals surface area contributed by atoms with E-state index in [-0.39, 0.29) is 81.0 Å². The largest absolute Gasteiger partial charge is 1.00 e. The average molecular weight is 536 g/mol. The van der Waals surface area contributed by atoms with Crippen LogP contribution in [0.25, 0.3) is 0 Å². The maximum Gasteiger partial charge on any atom is 1.00 e. The van der Waals surface area contributed by atoms with Gasteiger partial charge in [-0.15, -0.1) is 0 Å². The molecule has 0 aromatic carbocycles. The molecule has 6 atom stereocenters. The number of nitrogens with one attached hydrogen (secondary N) is 1. The van der Waals surface area contributed by atoms with Gasteiger partial charge in [0, 0.05) is 18.9 Å². The molecule has 17 nitrogen and oxygen atoms in total. The number of aliphatic hydroxyl groups excluding tert-OH is 1. The second kappa shape index (κ2) is 15.8. The van der Waals surface area contributed by atoms with Crippen molar-refractivity contribution in [3.05, 3.63) is 32.6 Å². The molecule has 0 amide bonds. The first kappa shape index (κ1) is 40.9. The smallest absolute Gasteiger partial charge is 0.790 e. The van der Waals surface area contributed by atoms with Crippen LogP contribution in [0.5, 0.6) is 0 Å².